The van der Waals surface area contributed by atoms with Crippen molar-refractivity contribution in [2.75, 3.05) is 0 Å². The normalized spacial score (nSPS) is 12.8. The summed E-state index contributed by atoms with van der Waals surface area (Å²) in [6, 6.07) is 68.8. The number of rotatable bonds is 6. The zero-order valence-corrected chi connectivity index (χ0v) is 66.6. The molecule has 12 aromatic heterocycles. The highest BCUT2D eigenvalue weighted by Gasteiger charge is 2.30. The molecule has 8 aromatic carbocycles. The summed E-state index contributed by atoms with van der Waals surface area (Å²) >= 11 is 0. The second-order valence-corrected chi connectivity index (χ2v) is 32.1. The third-order valence-corrected chi connectivity index (χ3v) is 23.6. The quantitative estimate of drug-likeness (QED) is 0.151. The van der Waals surface area contributed by atoms with Gasteiger partial charge in [0.05, 0.1) is 43.8 Å². The fourth-order valence-electron chi connectivity index (χ4n) is 17.5. The zero-order chi connectivity index (χ0) is 77.7. The molecular weight excluding hydrogens is 1390 g/mol. The molecule has 0 saturated heterocycles. The first-order chi connectivity index (χ1) is 54.8. The number of hydrogen-bond acceptors (Lipinski definition) is 8. The summed E-state index contributed by atoms with van der Waals surface area (Å²) in [5.41, 5.74) is 25.9. The van der Waals surface area contributed by atoms with E-state index in [1.165, 1.54) is 109 Å². The lowest BCUT2D eigenvalue weighted by Gasteiger charge is -2.21. The third kappa shape index (κ3) is 12.7. The molecule has 1 saturated carbocycles. The highest BCUT2D eigenvalue weighted by atomic mass is 16.4. The Morgan fingerprint density at radius 3 is 1.08 bits per heavy atom. The van der Waals surface area contributed by atoms with Gasteiger partial charge in [0.25, 0.3) is 0 Å². The van der Waals surface area contributed by atoms with Crippen LogP contribution in [0.2, 0.25) is 0 Å². The monoisotopic (exact) mass is 1480 g/mol. The molecule has 1 aliphatic carbocycles. The van der Waals surface area contributed by atoms with Gasteiger partial charge < -0.3 is 17.7 Å². The second-order valence-electron chi connectivity index (χ2n) is 32.1. The van der Waals surface area contributed by atoms with E-state index in [0.717, 1.165) is 127 Å². The van der Waals surface area contributed by atoms with Crippen LogP contribution in [0.15, 0.2) is 261 Å². The summed E-state index contributed by atoms with van der Waals surface area (Å²) in [6.07, 6.45) is 24.0. The largest absolute Gasteiger partial charge is 0.437 e. The summed E-state index contributed by atoms with van der Waals surface area (Å²) in [4.78, 5) is 18.4. The van der Waals surface area contributed by atoms with Crippen LogP contribution in [0.5, 0.6) is 0 Å². The van der Waals surface area contributed by atoms with Crippen molar-refractivity contribution in [2.24, 2.45) is 28.2 Å². The lowest BCUT2D eigenvalue weighted by molar-refractivity contribution is -0.660. The molecule has 12 nitrogen and oxygen atoms in total. The second kappa shape index (κ2) is 28.8. The molecule has 0 unspecified atom stereocenters. The Bertz CT molecular complexity index is 7210. The molecule has 556 valence electrons. The van der Waals surface area contributed by atoms with Crippen LogP contribution in [-0.2, 0) is 40.0 Å². The number of aromatic nitrogens is 8. The Hall–Kier alpha value is -12.8. The minimum absolute atomic E-state index is 0.0798. The molecule has 113 heavy (non-hydrogen) atoms. The van der Waals surface area contributed by atoms with Crippen molar-refractivity contribution in [1.29, 1.82) is 0 Å². The molecule has 12 heterocycles. The predicted octanol–water partition coefficient (Wildman–Crippen LogP) is 24.0. The number of aryl methyl sites for hydroxylation is 10. The molecule has 0 spiro atoms. The first-order valence-corrected chi connectivity index (χ1v) is 39.6. The summed E-state index contributed by atoms with van der Waals surface area (Å²) in [5, 5.41) is 18.2. The Balaban J connectivity index is 0.000000105. The van der Waals surface area contributed by atoms with Crippen LogP contribution in [-0.4, -0.2) is 19.9 Å². The van der Waals surface area contributed by atoms with Gasteiger partial charge in [-0.1, -0.05) is 193 Å². The van der Waals surface area contributed by atoms with Crippen LogP contribution in [0, 0.1) is 34.6 Å². The van der Waals surface area contributed by atoms with Crippen molar-refractivity contribution < 1.29 is 35.9 Å². The molecule has 0 radical (unpaired) electrons. The smallest absolute Gasteiger partial charge is 0.227 e. The maximum atomic E-state index is 6.44. The molecule has 0 atom stereocenters. The van der Waals surface area contributed by atoms with E-state index in [1.54, 1.807) is 0 Å². The summed E-state index contributed by atoms with van der Waals surface area (Å²) in [5.74, 6) is 0.675. The van der Waals surface area contributed by atoms with E-state index in [2.05, 4.69) is 329 Å². The minimum atomic E-state index is 0.0798. The molecule has 0 N–H and O–H groups in total. The maximum Gasteiger partial charge on any atom is 0.227 e. The van der Waals surface area contributed by atoms with Gasteiger partial charge in [0.15, 0.2) is 47.1 Å². The van der Waals surface area contributed by atoms with Gasteiger partial charge in [0.2, 0.25) is 45.6 Å². The Morgan fingerprint density at radius 2 is 0.708 bits per heavy atom. The van der Waals surface area contributed by atoms with Crippen LogP contribution in [0.4, 0.5) is 0 Å². The number of furan rings is 4. The molecule has 1 aliphatic rings. The SMILES string of the molecule is CCc1ccc(-c2c(C)ccc3c2oc2ncc4ccccc4c23)[n+](C)c1.Cc1ccc(-c2c(C)ccc3c2oc2ncc4ccccc4c23)[n+](C)c1.Cc1ccc2c(oc3ncc4ccccc4c32)c1-c1cc(C(C)(C)C)cc[n+]1C.Cc1ccc2c(oc3ncc4ccccc4c32)c1-c1cc(C2CCCCC2)cc[n+]1C. The van der Waals surface area contributed by atoms with E-state index >= 15 is 0 Å². The van der Waals surface area contributed by atoms with Crippen molar-refractivity contribution in [3.8, 4) is 45.0 Å². The highest BCUT2D eigenvalue weighted by molar-refractivity contribution is 6.23. The van der Waals surface area contributed by atoms with Crippen LogP contribution in [0.25, 0.3) is 176 Å². The van der Waals surface area contributed by atoms with Crippen molar-refractivity contribution in [1.82, 2.24) is 19.9 Å². The standard InChI is InChI=1S/C28H27N2O.C26H25N2O.C24H21N2O.C23H19N2O/c1-18-12-13-23-26-22-11-7-6-10-21(22)17-29-28(26)31-27(23)25(18)24-16-20(14-15-30(24)2)19-8-4-3-5-9-19;1-16-10-11-20-23-19-9-7-6-8-17(19)15-27-25(23)29-24(20)22(16)21-14-18(26(2,3)4)12-13-28(21)5;1-4-16-10-12-20(26(3)14-16)21-15(2)9-11-19-22-18-8-6-5-7-17(18)13-25-24(22)27-23(19)21;1-14-8-11-19(25(3)13-14)20-15(2)9-10-18-21-17-7-5-4-6-16(17)12-24-23(21)26-22(18)20/h6-7,10-17,19H,3-5,8-9H2,1-2H3;6-15H,1-5H3;5-14H,4H2,1-3H3;4-13H,1-3H3/q4*+1. The number of pyridine rings is 8. The molecule has 12 heteroatoms. The van der Waals surface area contributed by atoms with Crippen molar-refractivity contribution in [2.45, 2.75) is 112 Å². The first kappa shape index (κ1) is 71.8. The van der Waals surface area contributed by atoms with Crippen molar-refractivity contribution in [3.63, 3.8) is 0 Å². The summed E-state index contributed by atoms with van der Waals surface area (Å²) in [6.45, 7) is 19.6. The van der Waals surface area contributed by atoms with E-state index in [-0.39, 0.29) is 5.41 Å². The Labute approximate surface area is 656 Å². The highest BCUT2D eigenvalue weighted by Crippen LogP contribution is 2.45. The average molecular weight is 1480 g/mol. The Morgan fingerprint density at radius 1 is 0.354 bits per heavy atom. The van der Waals surface area contributed by atoms with Crippen molar-refractivity contribution in [3.05, 3.63) is 288 Å². The van der Waals surface area contributed by atoms with Crippen LogP contribution >= 0.6 is 0 Å². The number of hydrogen-bond donors (Lipinski definition) is 0. The lowest BCUT2D eigenvalue weighted by Crippen LogP contribution is -2.32. The zero-order valence-electron chi connectivity index (χ0n) is 66.6. The average Bonchev–Trinajstić information content (AvgIpc) is 1.62. The molecule has 21 rings (SSSR count). The van der Waals surface area contributed by atoms with Gasteiger partial charge >= 0.3 is 0 Å². The maximum absolute atomic E-state index is 6.44. The molecule has 0 amide bonds. The Kier molecular flexibility index (Phi) is 18.3. The van der Waals surface area contributed by atoms with Gasteiger partial charge in [-0.15, -0.1) is 0 Å². The van der Waals surface area contributed by atoms with Gasteiger partial charge in [-0.05, 0) is 132 Å². The minimum Gasteiger partial charge on any atom is -0.437 e. The van der Waals surface area contributed by atoms with Gasteiger partial charge in [-0.25, -0.2) is 38.2 Å². The van der Waals surface area contributed by atoms with Crippen molar-refractivity contribution >= 4 is 131 Å². The topological polar surface area (TPSA) is 120 Å². The summed E-state index contributed by atoms with van der Waals surface area (Å²) < 4.78 is 34.2. The van der Waals surface area contributed by atoms with Crippen LogP contribution in [0.1, 0.15) is 110 Å². The predicted molar refractivity (Wildman–Crippen MR) is 460 cm³/mol. The fourth-order valence-corrected chi connectivity index (χ4v) is 17.5. The summed E-state index contributed by atoms with van der Waals surface area (Å²) in [7, 11) is 8.41. The van der Waals surface area contributed by atoms with E-state index in [9.17, 15) is 0 Å². The first-order valence-electron chi connectivity index (χ1n) is 39.6. The van der Waals surface area contributed by atoms with E-state index in [0.29, 0.717) is 28.8 Å². The molecular formula is C101H92N8O4+4. The molecule has 1 fully saturated rings. The lowest BCUT2D eigenvalue weighted by atomic mass is 9.84. The number of nitrogens with zero attached hydrogens (tertiary/aromatic N) is 8. The van der Waals surface area contributed by atoms with Gasteiger partial charge in [-0.2, -0.15) is 0 Å². The van der Waals surface area contributed by atoms with Crippen LogP contribution in [0.3, 0.4) is 0 Å². The van der Waals surface area contributed by atoms with Crippen LogP contribution < -0.4 is 18.3 Å². The molecule has 20 aromatic rings. The van der Waals surface area contributed by atoms with Gasteiger partial charge in [0, 0.05) is 115 Å². The van der Waals surface area contributed by atoms with Gasteiger partial charge in [-0.3, -0.25) is 0 Å². The number of fused-ring (bicyclic) bond motifs is 20. The third-order valence-electron chi connectivity index (χ3n) is 23.6. The van der Waals surface area contributed by atoms with Gasteiger partial charge in [0.1, 0.15) is 28.2 Å². The molecule has 0 bridgehead atoms. The molecule has 0 aliphatic heterocycles. The fraction of sp³-hybridized carbons (Fsp3) is 0.208. The van der Waals surface area contributed by atoms with E-state index < -0.39 is 0 Å². The van der Waals surface area contributed by atoms with E-state index in [1.807, 2.05) is 43.0 Å². The number of benzene rings is 8. The van der Waals surface area contributed by atoms with E-state index in [4.69, 9.17) is 17.7 Å².